The summed E-state index contributed by atoms with van der Waals surface area (Å²) in [5, 5.41) is 0.958. The lowest BCUT2D eigenvalue weighted by Gasteiger charge is -2.08. The number of carbonyl (C=O) groups excluding carboxylic acids is 1. The number of halogens is 1. The monoisotopic (exact) mass is 265 g/mol. The SMILES string of the molecule is CC(=O)c1cc(F)ccc1OCc1cnc(C)s1. The van der Waals surface area contributed by atoms with Gasteiger partial charge < -0.3 is 4.74 Å². The standard InChI is InChI=1S/C13H12FNO2S/c1-8(16)12-5-10(14)3-4-13(12)17-7-11-6-15-9(2)18-11/h3-6H,7H2,1-2H3. The van der Waals surface area contributed by atoms with Crippen LogP contribution in [0.5, 0.6) is 5.75 Å². The molecule has 2 rings (SSSR count). The maximum Gasteiger partial charge on any atom is 0.163 e. The second-order valence-electron chi connectivity index (χ2n) is 3.83. The molecule has 0 saturated heterocycles. The van der Waals surface area contributed by atoms with Crippen molar-refractivity contribution >= 4 is 17.1 Å². The van der Waals surface area contributed by atoms with Crippen LogP contribution in [0.2, 0.25) is 0 Å². The van der Waals surface area contributed by atoms with Crippen molar-refractivity contribution in [3.8, 4) is 5.75 Å². The second kappa shape index (κ2) is 5.27. The van der Waals surface area contributed by atoms with Gasteiger partial charge in [-0.3, -0.25) is 4.79 Å². The number of Topliss-reactive ketones (excluding diaryl/α,β-unsaturated/α-hetero) is 1. The van der Waals surface area contributed by atoms with Gasteiger partial charge in [0, 0.05) is 6.20 Å². The predicted molar refractivity (Wildman–Crippen MR) is 67.6 cm³/mol. The molecule has 0 unspecified atom stereocenters. The number of aromatic nitrogens is 1. The first-order valence-corrected chi connectivity index (χ1v) is 6.22. The first kappa shape index (κ1) is 12.7. The summed E-state index contributed by atoms with van der Waals surface area (Å²) in [5.41, 5.74) is 0.260. The maximum atomic E-state index is 13.1. The van der Waals surface area contributed by atoms with Gasteiger partial charge in [0.05, 0.1) is 15.4 Å². The van der Waals surface area contributed by atoms with Gasteiger partial charge in [0.2, 0.25) is 0 Å². The van der Waals surface area contributed by atoms with Crippen LogP contribution in [0.1, 0.15) is 27.2 Å². The van der Waals surface area contributed by atoms with Crippen molar-refractivity contribution in [2.75, 3.05) is 0 Å². The maximum absolute atomic E-state index is 13.1. The summed E-state index contributed by atoms with van der Waals surface area (Å²) in [4.78, 5) is 16.5. The third-order valence-electron chi connectivity index (χ3n) is 2.36. The summed E-state index contributed by atoms with van der Waals surface area (Å²) in [6.07, 6.45) is 1.73. The molecule has 1 aromatic heterocycles. The molecule has 5 heteroatoms. The number of hydrogen-bond donors (Lipinski definition) is 0. The number of nitrogens with zero attached hydrogens (tertiary/aromatic N) is 1. The fraction of sp³-hybridized carbons (Fsp3) is 0.231. The molecular weight excluding hydrogens is 253 g/mol. The molecule has 18 heavy (non-hydrogen) atoms. The van der Waals surface area contributed by atoms with E-state index in [1.807, 2.05) is 6.92 Å². The van der Waals surface area contributed by atoms with E-state index >= 15 is 0 Å². The molecule has 0 aliphatic carbocycles. The Hall–Kier alpha value is -1.75. The molecule has 1 heterocycles. The summed E-state index contributed by atoms with van der Waals surface area (Å²) in [5.74, 6) is -0.263. The van der Waals surface area contributed by atoms with Gasteiger partial charge in [-0.15, -0.1) is 11.3 Å². The van der Waals surface area contributed by atoms with Gasteiger partial charge in [-0.2, -0.15) is 0 Å². The van der Waals surface area contributed by atoms with E-state index in [0.29, 0.717) is 12.4 Å². The number of thiazole rings is 1. The molecule has 0 radical (unpaired) electrons. The molecule has 0 N–H and O–H groups in total. The first-order chi connectivity index (χ1) is 8.56. The van der Waals surface area contributed by atoms with E-state index in [-0.39, 0.29) is 11.3 Å². The largest absolute Gasteiger partial charge is 0.487 e. The zero-order valence-corrected chi connectivity index (χ0v) is 10.9. The minimum atomic E-state index is -0.443. The fourth-order valence-electron chi connectivity index (χ4n) is 1.52. The molecule has 0 bridgehead atoms. The highest BCUT2D eigenvalue weighted by Crippen LogP contribution is 2.22. The van der Waals surface area contributed by atoms with Gasteiger partial charge >= 0.3 is 0 Å². The highest BCUT2D eigenvalue weighted by Gasteiger charge is 2.10. The van der Waals surface area contributed by atoms with Crippen molar-refractivity contribution in [2.45, 2.75) is 20.5 Å². The summed E-state index contributed by atoms with van der Waals surface area (Å²) in [6.45, 7) is 3.63. The van der Waals surface area contributed by atoms with Crippen LogP contribution < -0.4 is 4.74 Å². The van der Waals surface area contributed by atoms with Crippen LogP contribution in [0, 0.1) is 12.7 Å². The Morgan fingerprint density at radius 1 is 1.50 bits per heavy atom. The van der Waals surface area contributed by atoms with Crippen molar-refractivity contribution in [3.63, 3.8) is 0 Å². The molecule has 0 aliphatic heterocycles. The smallest absolute Gasteiger partial charge is 0.163 e. The Kier molecular flexibility index (Phi) is 3.72. The summed E-state index contributed by atoms with van der Waals surface area (Å²) < 4.78 is 18.6. The number of hydrogen-bond acceptors (Lipinski definition) is 4. The second-order valence-corrected chi connectivity index (χ2v) is 5.15. The molecule has 0 fully saturated rings. The molecular formula is C13H12FNO2S. The van der Waals surface area contributed by atoms with E-state index in [4.69, 9.17) is 4.74 Å². The molecule has 0 spiro atoms. The van der Waals surface area contributed by atoms with E-state index in [1.54, 1.807) is 6.20 Å². The van der Waals surface area contributed by atoms with Crippen LogP contribution in [0.15, 0.2) is 24.4 Å². The van der Waals surface area contributed by atoms with Crippen LogP contribution in [-0.2, 0) is 6.61 Å². The van der Waals surface area contributed by atoms with Gasteiger partial charge in [0.25, 0.3) is 0 Å². The topological polar surface area (TPSA) is 39.2 Å². The zero-order valence-electron chi connectivity index (χ0n) is 10.1. The number of ether oxygens (including phenoxy) is 1. The normalized spacial score (nSPS) is 10.4. The molecule has 0 aliphatic rings. The minimum absolute atomic E-state index is 0.218. The Balaban J connectivity index is 2.16. The number of rotatable bonds is 4. The zero-order chi connectivity index (χ0) is 13.1. The van der Waals surface area contributed by atoms with E-state index in [2.05, 4.69) is 4.98 Å². The van der Waals surface area contributed by atoms with Gasteiger partial charge in [-0.1, -0.05) is 0 Å². The Labute approximate surface area is 108 Å². The average Bonchev–Trinajstić information content (AvgIpc) is 2.73. The lowest BCUT2D eigenvalue weighted by molar-refractivity contribution is 0.101. The highest BCUT2D eigenvalue weighted by molar-refractivity contribution is 7.11. The lowest BCUT2D eigenvalue weighted by atomic mass is 10.1. The Morgan fingerprint density at radius 2 is 2.28 bits per heavy atom. The predicted octanol–water partition coefficient (Wildman–Crippen LogP) is 3.37. The van der Waals surface area contributed by atoms with E-state index in [9.17, 15) is 9.18 Å². The highest BCUT2D eigenvalue weighted by atomic mass is 32.1. The molecule has 0 saturated carbocycles. The third kappa shape index (κ3) is 2.92. The molecule has 94 valence electrons. The number of aryl methyl sites for hydroxylation is 1. The van der Waals surface area contributed by atoms with E-state index < -0.39 is 5.82 Å². The van der Waals surface area contributed by atoms with Crippen molar-refractivity contribution < 1.29 is 13.9 Å². The third-order valence-corrected chi connectivity index (χ3v) is 3.25. The summed E-state index contributed by atoms with van der Waals surface area (Å²) in [6, 6.07) is 3.94. The summed E-state index contributed by atoms with van der Waals surface area (Å²) >= 11 is 1.53. The van der Waals surface area contributed by atoms with Crippen LogP contribution in [-0.4, -0.2) is 10.8 Å². The molecule has 2 aromatic rings. The van der Waals surface area contributed by atoms with Gasteiger partial charge in [-0.05, 0) is 32.0 Å². The molecule has 0 atom stereocenters. The van der Waals surface area contributed by atoms with E-state index in [0.717, 1.165) is 9.88 Å². The number of carbonyl (C=O) groups is 1. The van der Waals surface area contributed by atoms with Crippen molar-refractivity contribution in [2.24, 2.45) is 0 Å². The molecule has 0 amide bonds. The average molecular weight is 265 g/mol. The Morgan fingerprint density at radius 3 is 2.89 bits per heavy atom. The van der Waals surface area contributed by atoms with Crippen molar-refractivity contribution in [3.05, 3.63) is 45.7 Å². The fourth-order valence-corrected chi connectivity index (χ4v) is 2.23. The molecule has 3 nitrogen and oxygen atoms in total. The van der Waals surface area contributed by atoms with Crippen molar-refractivity contribution in [1.29, 1.82) is 0 Å². The van der Waals surface area contributed by atoms with Gasteiger partial charge in [0.1, 0.15) is 18.2 Å². The number of ketones is 1. The van der Waals surface area contributed by atoms with Gasteiger partial charge in [0.15, 0.2) is 5.78 Å². The van der Waals surface area contributed by atoms with Crippen LogP contribution in [0.3, 0.4) is 0 Å². The number of benzene rings is 1. The minimum Gasteiger partial charge on any atom is -0.487 e. The van der Waals surface area contributed by atoms with Crippen LogP contribution in [0.4, 0.5) is 4.39 Å². The van der Waals surface area contributed by atoms with Crippen LogP contribution >= 0.6 is 11.3 Å². The van der Waals surface area contributed by atoms with E-state index in [1.165, 1.54) is 36.5 Å². The van der Waals surface area contributed by atoms with Gasteiger partial charge in [-0.25, -0.2) is 9.37 Å². The first-order valence-electron chi connectivity index (χ1n) is 5.41. The molecule has 1 aromatic carbocycles. The quantitative estimate of drug-likeness (QED) is 0.796. The van der Waals surface area contributed by atoms with Crippen LogP contribution in [0.25, 0.3) is 0 Å². The lowest BCUT2D eigenvalue weighted by Crippen LogP contribution is -2.01. The summed E-state index contributed by atoms with van der Waals surface area (Å²) in [7, 11) is 0. The van der Waals surface area contributed by atoms with Crippen molar-refractivity contribution in [1.82, 2.24) is 4.98 Å². The Bertz CT molecular complexity index is 580.